The molecule has 0 radical (unpaired) electrons. The number of halogens is 2. The van der Waals surface area contributed by atoms with Crippen molar-refractivity contribution in [2.45, 2.75) is 36.9 Å². The van der Waals surface area contributed by atoms with Crippen LogP contribution in [0.3, 0.4) is 0 Å². The van der Waals surface area contributed by atoms with Crippen molar-refractivity contribution in [3.05, 3.63) is 28.2 Å². The summed E-state index contributed by atoms with van der Waals surface area (Å²) in [5, 5.41) is 0. The number of benzene rings is 1. The maximum Gasteiger partial charge on any atom is 0.122 e. The van der Waals surface area contributed by atoms with E-state index in [9.17, 15) is 0 Å². The Morgan fingerprint density at radius 1 is 1.41 bits per heavy atom. The van der Waals surface area contributed by atoms with Crippen LogP contribution in [0.1, 0.15) is 31.2 Å². The van der Waals surface area contributed by atoms with Gasteiger partial charge in [0.05, 0.1) is 7.11 Å². The summed E-state index contributed by atoms with van der Waals surface area (Å²) in [5.74, 6) is 1.95. The van der Waals surface area contributed by atoms with Gasteiger partial charge >= 0.3 is 0 Å². The Morgan fingerprint density at radius 2 is 2.18 bits per heavy atom. The molecule has 1 aromatic rings. The highest BCUT2D eigenvalue weighted by Gasteiger charge is 2.28. The molecule has 0 amide bonds. The third kappa shape index (κ3) is 3.99. The number of ether oxygens (including phenoxy) is 1. The third-order valence-electron chi connectivity index (χ3n) is 3.30. The van der Waals surface area contributed by atoms with Crippen LogP contribution in [0.15, 0.2) is 22.7 Å². The molecule has 1 atom stereocenters. The smallest absolute Gasteiger partial charge is 0.122 e. The summed E-state index contributed by atoms with van der Waals surface area (Å²) in [6.45, 7) is 0. The summed E-state index contributed by atoms with van der Waals surface area (Å²) in [5.41, 5.74) is 1.30. The lowest BCUT2D eigenvalue weighted by atomic mass is 10.0. The summed E-state index contributed by atoms with van der Waals surface area (Å²) in [6, 6.07) is 6.23. The molecule has 1 saturated carbocycles. The topological polar surface area (TPSA) is 9.23 Å². The fourth-order valence-electron chi connectivity index (χ4n) is 2.12. The first-order chi connectivity index (χ1) is 8.20. The Bertz CT molecular complexity index is 374. The quantitative estimate of drug-likeness (QED) is 0.651. The number of hydrogen-bond donors (Lipinski definition) is 0. The second-order valence-corrected chi connectivity index (χ2v) is 6.79. The van der Waals surface area contributed by atoms with Gasteiger partial charge in [-0.2, -0.15) is 0 Å². The summed E-state index contributed by atoms with van der Waals surface area (Å²) >= 11 is 7.30. The van der Waals surface area contributed by atoms with Crippen LogP contribution in [0.2, 0.25) is 0 Å². The lowest BCUT2D eigenvalue weighted by molar-refractivity contribution is 0.408. The highest BCUT2D eigenvalue weighted by Crippen LogP contribution is 2.39. The molecule has 1 fully saturated rings. The Hall–Kier alpha value is -0.0200. The normalized spacial score (nSPS) is 16.9. The van der Waals surface area contributed by atoms with Crippen LogP contribution >= 0.6 is 31.9 Å². The zero-order valence-electron chi connectivity index (χ0n) is 10.1. The standard InChI is InChI=1S/C14H18Br2O/c1-17-14-8-7-12(15)9-11(14)3-2-4-13(16)10-5-6-10/h7-10,13H,2-6H2,1H3. The monoisotopic (exact) mass is 360 g/mol. The zero-order valence-corrected chi connectivity index (χ0v) is 13.3. The van der Waals surface area contributed by atoms with Crippen molar-refractivity contribution >= 4 is 31.9 Å². The van der Waals surface area contributed by atoms with Crippen molar-refractivity contribution in [2.24, 2.45) is 5.92 Å². The predicted molar refractivity (Wildman–Crippen MR) is 79.1 cm³/mol. The van der Waals surface area contributed by atoms with Crippen molar-refractivity contribution in [2.75, 3.05) is 7.11 Å². The first-order valence-electron chi connectivity index (χ1n) is 6.17. The molecule has 0 bridgehead atoms. The van der Waals surface area contributed by atoms with Gasteiger partial charge in [0.1, 0.15) is 5.75 Å². The van der Waals surface area contributed by atoms with Crippen LogP contribution in [0.5, 0.6) is 5.75 Å². The molecule has 0 spiro atoms. The molecule has 0 saturated heterocycles. The van der Waals surface area contributed by atoms with E-state index in [2.05, 4.69) is 37.9 Å². The molecule has 0 N–H and O–H groups in total. The second-order valence-electron chi connectivity index (χ2n) is 4.70. The van der Waals surface area contributed by atoms with Crippen LogP contribution < -0.4 is 4.74 Å². The number of rotatable bonds is 6. The van der Waals surface area contributed by atoms with Crippen LogP contribution in [0.25, 0.3) is 0 Å². The van der Waals surface area contributed by atoms with Gasteiger partial charge in [-0.05, 0) is 61.8 Å². The van der Waals surface area contributed by atoms with Crippen LogP contribution in [0, 0.1) is 5.92 Å². The van der Waals surface area contributed by atoms with E-state index in [0.717, 1.165) is 27.4 Å². The summed E-state index contributed by atoms with van der Waals surface area (Å²) < 4.78 is 6.52. The van der Waals surface area contributed by atoms with E-state index in [0.29, 0.717) is 0 Å². The lowest BCUT2D eigenvalue weighted by Crippen LogP contribution is -2.01. The van der Waals surface area contributed by atoms with Crippen molar-refractivity contribution in [3.63, 3.8) is 0 Å². The maximum absolute atomic E-state index is 5.39. The van der Waals surface area contributed by atoms with Crippen LogP contribution in [-0.2, 0) is 6.42 Å². The fraction of sp³-hybridized carbons (Fsp3) is 0.571. The first kappa shape index (κ1) is 13.4. The predicted octanol–water partition coefficient (Wildman–Crippen LogP) is 4.95. The molecule has 1 unspecified atom stereocenters. The Balaban J connectivity index is 1.86. The highest BCUT2D eigenvalue weighted by molar-refractivity contribution is 9.10. The molecule has 1 nitrogen and oxygen atoms in total. The van der Waals surface area contributed by atoms with Gasteiger partial charge < -0.3 is 4.74 Å². The number of methoxy groups -OCH3 is 1. The molecule has 1 aliphatic rings. The Kier molecular flexibility index (Phi) is 4.92. The van der Waals surface area contributed by atoms with E-state index >= 15 is 0 Å². The lowest BCUT2D eigenvalue weighted by Gasteiger charge is -2.11. The van der Waals surface area contributed by atoms with Gasteiger partial charge in [-0.15, -0.1) is 0 Å². The first-order valence-corrected chi connectivity index (χ1v) is 7.88. The third-order valence-corrected chi connectivity index (χ3v) is 5.00. The van der Waals surface area contributed by atoms with Crippen molar-refractivity contribution in [1.82, 2.24) is 0 Å². The van der Waals surface area contributed by atoms with Crippen molar-refractivity contribution in [3.8, 4) is 5.75 Å². The van der Waals surface area contributed by atoms with E-state index in [-0.39, 0.29) is 0 Å². The number of aryl methyl sites for hydroxylation is 1. The number of hydrogen-bond acceptors (Lipinski definition) is 1. The van der Waals surface area contributed by atoms with E-state index in [1.165, 1.54) is 31.2 Å². The molecular formula is C14H18Br2O. The molecule has 17 heavy (non-hydrogen) atoms. The molecule has 0 heterocycles. The summed E-state index contributed by atoms with van der Waals surface area (Å²) in [4.78, 5) is 0.723. The fourth-order valence-corrected chi connectivity index (χ4v) is 3.38. The highest BCUT2D eigenvalue weighted by atomic mass is 79.9. The van der Waals surface area contributed by atoms with Gasteiger partial charge in [0.25, 0.3) is 0 Å². The Morgan fingerprint density at radius 3 is 2.82 bits per heavy atom. The van der Waals surface area contributed by atoms with Gasteiger partial charge in [0.2, 0.25) is 0 Å². The molecule has 94 valence electrons. The van der Waals surface area contributed by atoms with Crippen LogP contribution in [-0.4, -0.2) is 11.9 Å². The van der Waals surface area contributed by atoms with Gasteiger partial charge in [-0.3, -0.25) is 0 Å². The van der Waals surface area contributed by atoms with E-state index in [1.54, 1.807) is 7.11 Å². The minimum atomic E-state index is 0.723. The van der Waals surface area contributed by atoms with Gasteiger partial charge in [-0.25, -0.2) is 0 Å². The summed E-state index contributed by atoms with van der Waals surface area (Å²) in [7, 11) is 1.74. The molecule has 1 aliphatic carbocycles. The zero-order chi connectivity index (χ0) is 12.3. The minimum Gasteiger partial charge on any atom is -0.496 e. The summed E-state index contributed by atoms with van der Waals surface area (Å²) in [6.07, 6.45) is 6.41. The second kappa shape index (κ2) is 6.24. The molecular weight excluding hydrogens is 344 g/mol. The SMILES string of the molecule is COc1ccc(Br)cc1CCCC(Br)C1CC1. The minimum absolute atomic E-state index is 0.723. The van der Waals surface area contributed by atoms with Crippen molar-refractivity contribution in [1.29, 1.82) is 0 Å². The average molecular weight is 362 g/mol. The van der Waals surface area contributed by atoms with Crippen LogP contribution in [0.4, 0.5) is 0 Å². The Labute approximate surface area is 120 Å². The van der Waals surface area contributed by atoms with E-state index in [1.807, 2.05) is 12.1 Å². The largest absolute Gasteiger partial charge is 0.496 e. The van der Waals surface area contributed by atoms with Gasteiger partial charge in [-0.1, -0.05) is 31.9 Å². The maximum atomic E-state index is 5.39. The van der Waals surface area contributed by atoms with Gasteiger partial charge in [0, 0.05) is 9.30 Å². The molecule has 0 aromatic heterocycles. The van der Waals surface area contributed by atoms with Gasteiger partial charge in [0.15, 0.2) is 0 Å². The molecule has 1 aromatic carbocycles. The number of alkyl halides is 1. The average Bonchev–Trinajstić information content (AvgIpc) is 3.13. The molecule has 2 rings (SSSR count). The molecule has 3 heteroatoms. The van der Waals surface area contributed by atoms with E-state index in [4.69, 9.17) is 4.74 Å². The van der Waals surface area contributed by atoms with Crippen molar-refractivity contribution < 1.29 is 4.74 Å². The van der Waals surface area contributed by atoms with E-state index < -0.39 is 0 Å². The molecule has 0 aliphatic heterocycles.